The molecule has 1 saturated carbocycles. The van der Waals surface area contributed by atoms with Crippen molar-refractivity contribution in [3.8, 4) is 0 Å². The van der Waals surface area contributed by atoms with Crippen molar-refractivity contribution in [3.05, 3.63) is 70.7 Å². The number of nitrogens with zero attached hydrogens (tertiary/aromatic N) is 2. The first-order chi connectivity index (χ1) is 15.1. The topological polar surface area (TPSA) is 23.6 Å². The van der Waals surface area contributed by atoms with Crippen LogP contribution >= 0.6 is 11.6 Å². The molecule has 2 aromatic rings. The fourth-order valence-corrected chi connectivity index (χ4v) is 5.99. The Morgan fingerprint density at radius 3 is 2.32 bits per heavy atom. The summed E-state index contributed by atoms with van der Waals surface area (Å²) in [5, 5.41) is 0.713. The monoisotopic (exact) mass is 434 g/mol. The first-order valence-electron chi connectivity index (χ1n) is 11.7. The summed E-state index contributed by atoms with van der Waals surface area (Å²) in [6.45, 7) is 2.38. The van der Waals surface area contributed by atoms with Crippen LogP contribution < -0.4 is 0 Å². The van der Waals surface area contributed by atoms with E-state index in [9.17, 15) is 4.79 Å². The summed E-state index contributed by atoms with van der Waals surface area (Å²) in [7, 11) is 2.04. The Morgan fingerprint density at radius 2 is 1.58 bits per heavy atom. The number of likely N-dealkylation sites (N-methyl/N-ethyl adjacent to an activating group) is 1. The SMILES string of the molecule is CN(C(=O)C1C(c2ccccc2)=C1c1cccc(Cl)c1)[C@H]1CCCC[C@@H]1N1CCCC1. The maximum Gasteiger partial charge on any atom is 0.234 e. The molecule has 0 radical (unpaired) electrons. The lowest BCUT2D eigenvalue weighted by atomic mass is 9.88. The van der Waals surface area contributed by atoms with Crippen LogP contribution in [0.1, 0.15) is 49.7 Å². The molecule has 4 heteroatoms. The summed E-state index contributed by atoms with van der Waals surface area (Å²) >= 11 is 6.29. The van der Waals surface area contributed by atoms with Crippen LogP contribution in [0, 0.1) is 5.92 Å². The molecule has 2 fully saturated rings. The molecular weight excluding hydrogens is 404 g/mol. The van der Waals surface area contributed by atoms with Gasteiger partial charge >= 0.3 is 0 Å². The zero-order valence-corrected chi connectivity index (χ0v) is 19.0. The molecule has 31 heavy (non-hydrogen) atoms. The van der Waals surface area contributed by atoms with Crippen molar-refractivity contribution >= 4 is 28.7 Å². The van der Waals surface area contributed by atoms with Crippen molar-refractivity contribution < 1.29 is 4.79 Å². The van der Waals surface area contributed by atoms with E-state index in [0.29, 0.717) is 17.1 Å². The van der Waals surface area contributed by atoms with E-state index in [2.05, 4.69) is 28.0 Å². The summed E-state index contributed by atoms with van der Waals surface area (Å²) < 4.78 is 0. The lowest BCUT2D eigenvalue weighted by molar-refractivity contribution is -0.134. The summed E-state index contributed by atoms with van der Waals surface area (Å²) in [4.78, 5) is 18.6. The van der Waals surface area contributed by atoms with Gasteiger partial charge in [0.2, 0.25) is 5.91 Å². The Morgan fingerprint density at radius 1 is 0.903 bits per heavy atom. The second kappa shape index (κ2) is 8.80. The van der Waals surface area contributed by atoms with Gasteiger partial charge in [-0.05, 0) is 73.2 Å². The minimum Gasteiger partial charge on any atom is -0.340 e. The smallest absolute Gasteiger partial charge is 0.234 e. The Bertz CT molecular complexity index is 980. The van der Waals surface area contributed by atoms with Crippen LogP contribution in [0.5, 0.6) is 0 Å². The number of carbonyl (C=O) groups is 1. The van der Waals surface area contributed by atoms with Crippen LogP contribution in [-0.2, 0) is 4.79 Å². The van der Waals surface area contributed by atoms with Crippen LogP contribution in [0.4, 0.5) is 0 Å². The lowest BCUT2D eigenvalue weighted by Gasteiger charge is -2.42. The van der Waals surface area contributed by atoms with Crippen molar-refractivity contribution in [2.45, 2.75) is 50.6 Å². The number of likely N-dealkylation sites (tertiary alicyclic amines) is 1. The van der Waals surface area contributed by atoms with Crippen LogP contribution in [0.3, 0.4) is 0 Å². The normalized spacial score (nSPS) is 26.2. The highest BCUT2D eigenvalue weighted by Gasteiger charge is 2.47. The second-order valence-electron chi connectivity index (χ2n) is 9.25. The number of benzene rings is 2. The summed E-state index contributed by atoms with van der Waals surface area (Å²) in [6, 6.07) is 19.1. The molecule has 5 rings (SSSR count). The van der Waals surface area contributed by atoms with Gasteiger partial charge in [0, 0.05) is 24.2 Å². The van der Waals surface area contributed by atoms with E-state index in [4.69, 9.17) is 11.6 Å². The molecule has 1 amide bonds. The first kappa shape index (κ1) is 20.8. The van der Waals surface area contributed by atoms with E-state index in [0.717, 1.165) is 28.7 Å². The highest BCUT2D eigenvalue weighted by atomic mass is 35.5. The van der Waals surface area contributed by atoms with Crippen LogP contribution in [0.25, 0.3) is 11.1 Å². The van der Waals surface area contributed by atoms with Gasteiger partial charge in [0.15, 0.2) is 0 Å². The molecule has 162 valence electrons. The predicted molar refractivity (Wildman–Crippen MR) is 128 cm³/mol. The van der Waals surface area contributed by atoms with Gasteiger partial charge < -0.3 is 4.90 Å². The maximum absolute atomic E-state index is 13.9. The predicted octanol–water partition coefficient (Wildman–Crippen LogP) is 5.75. The molecule has 0 N–H and O–H groups in total. The van der Waals surface area contributed by atoms with Gasteiger partial charge in [-0.2, -0.15) is 0 Å². The molecular formula is C27H31ClN2O. The average Bonchev–Trinajstić information content (AvgIpc) is 3.31. The van der Waals surface area contributed by atoms with Crippen LogP contribution in [-0.4, -0.2) is 47.9 Å². The number of halogens is 1. The van der Waals surface area contributed by atoms with Gasteiger partial charge in [0.05, 0.1) is 5.92 Å². The Balaban J connectivity index is 1.42. The maximum atomic E-state index is 13.9. The van der Waals surface area contributed by atoms with E-state index in [-0.39, 0.29) is 11.8 Å². The third-order valence-corrected chi connectivity index (χ3v) is 7.64. The highest BCUT2D eigenvalue weighted by molar-refractivity contribution is 6.31. The molecule has 1 aliphatic heterocycles. The highest BCUT2D eigenvalue weighted by Crippen LogP contribution is 2.54. The third kappa shape index (κ3) is 4.06. The minimum absolute atomic E-state index is 0.160. The molecule has 0 aromatic heterocycles. The van der Waals surface area contributed by atoms with Gasteiger partial charge in [0.25, 0.3) is 0 Å². The van der Waals surface area contributed by atoms with Crippen molar-refractivity contribution in [3.63, 3.8) is 0 Å². The average molecular weight is 435 g/mol. The van der Waals surface area contributed by atoms with E-state index < -0.39 is 0 Å². The molecule has 0 bridgehead atoms. The van der Waals surface area contributed by atoms with Gasteiger partial charge in [-0.1, -0.05) is 66.9 Å². The molecule has 1 saturated heterocycles. The molecule has 3 atom stereocenters. The van der Waals surface area contributed by atoms with Gasteiger partial charge in [-0.15, -0.1) is 0 Å². The van der Waals surface area contributed by atoms with E-state index in [1.165, 1.54) is 45.2 Å². The zero-order chi connectivity index (χ0) is 21.4. The van der Waals surface area contributed by atoms with Crippen LogP contribution in [0.15, 0.2) is 54.6 Å². The largest absolute Gasteiger partial charge is 0.340 e. The molecule has 0 spiro atoms. The fourth-order valence-electron chi connectivity index (χ4n) is 5.80. The van der Waals surface area contributed by atoms with E-state index in [1.807, 2.05) is 43.4 Å². The Hall–Kier alpha value is -2.10. The number of rotatable bonds is 5. The zero-order valence-electron chi connectivity index (χ0n) is 18.3. The number of carbonyl (C=O) groups excluding carboxylic acids is 1. The van der Waals surface area contributed by atoms with Crippen molar-refractivity contribution in [2.75, 3.05) is 20.1 Å². The van der Waals surface area contributed by atoms with Gasteiger partial charge in [-0.3, -0.25) is 9.69 Å². The van der Waals surface area contributed by atoms with Crippen LogP contribution in [0.2, 0.25) is 5.02 Å². The quantitative estimate of drug-likeness (QED) is 0.598. The lowest BCUT2D eigenvalue weighted by Crippen LogP contribution is -2.53. The Kier molecular flexibility index (Phi) is 5.90. The molecule has 2 aliphatic carbocycles. The number of hydrogen-bond donors (Lipinski definition) is 0. The second-order valence-corrected chi connectivity index (χ2v) is 9.68. The van der Waals surface area contributed by atoms with Crippen molar-refractivity contribution in [1.29, 1.82) is 0 Å². The van der Waals surface area contributed by atoms with Gasteiger partial charge in [-0.25, -0.2) is 0 Å². The van der Waals surface area contributed by atoms with Crippen molar-refractivity contribution in [1.82, 2.24) is 9.80 Å². The molecule has 3 nitrogen and oxygen atoms in total. The summed E-state index contributed by atoms with van der Waals surface area (Å²) in [6.07, 6.45) is 7.42. The number of hydrogen-bond acceptors (Lipinski definition) is 2. The minimum atomic E-state index is -0.160. The third-order valence-electron chi connectivity index (χ3n) is 7.40. The van der Waals surface area contributed by atoms with Gasteiger partial charge in [0.1, 0.15) is 0 Å². The molecule has 2 aromatic carbocycles. The summed E-state index contributed by atoms with van der Waals surface area (Å²) in [5.74, 6) is 0.0805. The molecule has 1 heterocycles. The van der Waals surface area contributed by atoms with E-state index in [1.54, 1.807) is 0 Å². The van der Waals surface area contributed by atoms with Crippen molar-refractivity contribution in [2.24, 2.45) is 5.92 Å². The van der Waals surface area contributed by atoms with E-state index >= 15 is 0 Å². The molecule has 3 aliphatic rings. The standard InChI is InChI=1S/C27H31ClN2O/c1-29(22-14-5-6-15-23(22)30-16-7-8-17-30)27(31)26-24(19-10-3-2-4-11-19)25(26)20-12-9-13-21(28)18-20/h2-4,9-13,18,22-23,26H,5-8,14-17H2,1H3/t22-,23-,26?/m0/s1. The summed E-state index contributed by atoms with van der Waals surface area (Å²) in [5.41, 5.74) is 4.51. The fraction of sp³-hybridized carbons (Fsp3) is 0.444. The molecule has 1 unspecified atom stereocenters. The Labute approximate surface area is 190 Å². The first-order valence-corrected chi connectivity index (χ1v) is 12.1. The number of amides is 1.